The Hall–Kier alpha value is -2.61. The molecule has 0 spiro atoms. The average Bonchev–Trinajstić information content (AvgIpc) is 2.52. The van der Waals surface area contributed by atoms with Crippen LogP contribution < -0.4 is 10.5 Å². The fraction of sp³-hybridized carbons (Fsp3) is 0.143. The number of para-hydroxylation sites is 1. The highest BCUT2D eigenvalue weighted by Crippen LogP contribution is 2.29. The molecule has 0 saturated carbocycles. The van der Waals surface area contributed by atoms with E-state index in [1.165, 1.54) is 11.8 Å². The van der Waals surface area contributed by atoms with Crippen molar-refractivity contribution >= 4 is 23.4 Å². The Morgan fingerprint density at radius 1 is 1.45 bits per heavy atom. The minimum atomic E-state index is -0.751. The summed E-state index contributed by atoms with van der Waals surface area (Å²) in [5.74, 6) is 0.464. The van der Waals surface area contributed by atoms with Crippen LogP contribution in [0.5, 0.6) is 5.75 Å². The fourth-order valence-corrected chi connectivity index (χ4v) is 2.77. The maximum Gasteiger partial charge on any atom is 0.288 e. The van der Waals surface area contributed by atoms with Crippen LogP contribution in [0.2, 0.25) is 0 Å². The van der Waals surface area contributed by atoms with E-state index in [4.69, 9.17) is 10.5 Å². The minimum Gasteiger partial charge on any atom is -0.496 e. The predicted molar refractivity (Wildman–Crippen MR) is 82.0 cm³/mol. The Labute approximate surface area is 130 Å². The molecule has 2 aromatic rings. The Morgan fingerprint density at radius 3 is 2.82 bits per heavy atom. The van der Waals surface area contributed by atoms with Crippen LogP contribution >= 0.6 is 11.8 Å². The lowest BCUT2D eigenvalue weighted by Crippen LogP contribution is -2.13. The third-order valence-corrected chi connectivity index (χ3v) is 3.92. The van der Waals surface area contributed by atoms with E-state index >= 15 is 0 Å². The van der Waals surface area contributed by atoms with Crippen molar-refractivity contribution in [3.05, 3.63) is 57.8 Å². The maximum atomic E-state index is 11.5. The number of hydrogen-bond donors (Lipinski definition) is 1. The number of nitro groups is 1. The third-order valence-electron chi connectivity index (χ3n) is 2.87. The number of hydrogen-bond acceptors (Lipinski definition) is 6. The largest absolute Gasteiger partial charge is 0.496 e. The number of primary amides is 1. The van der Waals surface area contributed by atoms with Crippen LogP contribution in [0.25, 0.3) is 0 Å². The number of amides is 1. The van der Waals surface area contributed by atoms with Gasteiger partial charge in [0.15, 0.2) is 0 Å². The summed E-state index contributed by atoms with van der Waals surface area (Å²) in [5.41, 5.74) is 5.96. The van der Waals surface area contributed by atoms with Crippen LogP contribution in [0, 0.1) is 10.1 Å². The van der Waals surface area contributed by atoms with E-state index in [0.29, 0.717) is 10.8 Å². The summed E-state index contributed by atoms with van der Waals surface area (Å²) in [6.07, 6.45) is 1.11. The molecule has 7 nitrogen and oxygen atoms in total. The lowest BCUT2D eigenvalue weighted by molar-refractivity contribution is -0.385. The van der Waals surface area contributed by atoms with Gasteiger partial charge < -0.3 is 10.5 Å². The molecule has 0 atom stereocenters. The number of rotatable bonds is 6. The summed E-state index contributed by atoms with van der Waals surface area (Å²) in [7, 11) is 1.57. The standard InChI is InChI=1S/C14H13N3O4S/c1-21-12-5-3-2-4-9(12)8-22-14-11(13(15)18)6-10(7-16-14)17(19)20/h2-7H,8H2,1H3,(H2,15,18). The van der Waals surface area contributed by atoms with Crippen LogP contribution in [-0.2, 0) is 5.75 Å². The van der Waals surface area contributed by atoms with Gasteiger partial charge in [-0.15, -0.1) is 11.8 Å². The van der Waals surface area contributed by atoms with Gasteiger partial charge in [0.2, 0.25) is 0 Å². The molecular weight excluding hydrogens is 306 g/mol. The maximum absolute atomic E-state index is 11.5. The van der Waals surface area contributed by atoms with Crippen molar-refractivity contribution in [2.75, 3.05) is 7.11 Å². The zero-order valence-electron chi connectivity index (χ0n) is 11.7. The van der Waals surface area contributed by atoms with Gasteiger partial charge in [-0.2, -0.15) is 0 Å². The number of ether oxygens (including phenoxy) is 1. The average molecular weight is 319 g/mol. The van der Waals surface area contributed by atoms with Gasteiger partial charge >= 0.3 is 0 Å². The van der Waals surface area contributed by atoms with E-state index < -0.39 is 10.8 Å². The Balaban J connectivity index is 2.26. The van der Waals surface area contributed by atoms with Gasteiger partial charge in [0.05, 0.1) is 17.6 Å². The first-order valence-corrected chi connectivity index (χ1v) is 7.20. The second-order valence-corrected chi connectivity index (χ2v) is 5.23. The number of carbonyl (C=O) groups excluding carboxylic acids is 1. The zero-order chi connectivity index (χ0) is 16.1. The molecule has 8 heteroatoms. The molecule has 0 aliphatic carbocycles. The van der Waals surface area contributed by atoms with Crippen molar-refractivity contribution in [1.29, 1.82) is 0 Å². The van der Waals surface area contributed by atoms with Gasteiger partial charge in [-0.1, -0.05) is 18.2 Å². The molecule has 0 aliphatic heterocycles. The molecular formula is C14H13N3O4S. The van der Waals surface area contributed by atoms with Crippen LogP contribution in [0.3, 0.4) is 0 Å². The summed E-state index contributed by atoms with van der Waals surface area (Å²) in [5, 5.41) is 11.1. The van der Waals surface area contributed by atoms with E-state index in [0.717, 1.165) is 23.6 Å². The van der Waals surface area contributed by atoms with Crippen molar-refractivity contribution in [2.45, 2.75) is 10.8 Å². The normalized spacial score (nSPS) is 10.2. The molecule has 1 heterocycles. The number of benzene rings is 1. The Morgan fingerprint density at radius 2 is 2.18 bits per heavy atom. The van der Waals surface area contributed by atoms with Gasteiger partial charge in [-0.25, -0.2) is 4.98 Å². The predicted octanol–water partition coefficient (Wildman–Crippen LogP) is 2.39. The molecule has 0 bridgehead atoms. The number of aromatic nitrogens is 1. The number of methoxy groups -OCH3 is 1. The van der Waals surface area contributed by atoms with E-state index in [1.54, 1.807) is 7.11 Å². The fourth-order valence-electron chi connectivity index (χ4n) is 1.80. The van der Waals surface area contributed by atoms with Crippen LogP contribution in [0.15, 0.2) is 41.6 Å². The second-order valence-electron chi connectivity index (χ2n) is 4.27. The van der Waals surface area contributed by atoms with Gasteiger partial charge in [-0.05, 0) is 6.07 Å². The van der Waals surface area contributed by atoms with Gasteiger partial charge in [-0.3, -0.25) is 14.9 Å². The van der Waals surface area contributed by atoms with Crippen LogP contribution in [-0.4, -0.2) is 22.9 Å². The smallest absolute Gasteiger partial charge is 0.288 e. The summed E-state index contributed by atoms with van der Waals surface area (Å²) in [4.78, 5) is 25.5. The number of thioether (sulfide) groups is 1. The van der Waals surface area contributed by atoms with Gasteiger partial charge in [0.25, 0.3) is 11.6 Å². The molecule has 0 aliphatic rings. The first-order valence-electron chi connectivity index (χ1n) is 6.22. The summed E-state index contributed by atoms with van der Waals surface area (Å²) >= 11 is 1.26. The molecule has 1 amide bonds. The minimum absolute atomic E-state index is 0.0362. The lowest BCUT2D eigenvalue weighted by atomic mass is 10.2. The molecule has 1 aromatic heterocycles. The van der Waals surface area contributed by atoms with Crippen molar-refractivity contribution in [1.82, 2.24) is 4.98 Å². The van der Waals surface area contributed by atoms with E-state index in [-0.39, 0.29) is 11.3 Å². The first kappa shape index (κ1) is 15.8. The Kier molecular flexibility index (Phi) is 4.95. The quantitative estimate of drug-likeness (QED) is 0.497. The number of pyridine rings is 1. The number of nitrogens with zero attached hydrogens (tertiary/aromatic N) is 2. The highest BCUT2D eigenvalue weighted by molar-refractivity contribution is 7.98. The second kappa shape index (κ2) is 6.90. The third kappa shape index (κ3) is 3.53. The first-order chi connectivity index (χ1) is 10.5. The molecule has 0 unspecified atom stereocenters. The number of carbonyl (C=O) groups is 1. The molecule has 0 fully saturated rings. The van der Waals surface area contributed by atoms with Crippen molar-refractivity contribution in [3.63, 3.8) is 0 Å². The number of nitrogens with two attached hydrogens (primary N) is 1. The summed E-state index contributed by atoms with van der Waals surface area (Å²) in [6, 6.07) is 8.58. The summed E-state index contributed by atoms with van der Waals surface area (Å²) in [6.45, 7) is 0. The topological polar surface area (TPSA) is 108 Å². The SMILES string of the molecule is COc1ccccc1CSc1ncc([N+](=O)[O-])cc1C(N)=O. The van der Waals surface area contributed by atoms with Crippen molar-refractivity contribution in [3.8, 4) is 5.75 Å². The van der Waals surface area contributed by atoms with E-state index in [1.807, 2.05) is 24.3 Å². The molecule has 0 radical (unpaired) electrons. The highest BCUT2D eigenvalue weighted by Gasteiger charge is 2.17. The Bertz CT molecular complexity index is 721. The molecule has 1 aromatic carbocycles. The molecule has 2 rings (SSSR count). The van der Waals surface area contributed by atoms with Gasteiger partial charge in [0, 0.05) is 17.4 Å². The van der Waals surface area contributed by atoms with Crippen LogP contribution in [0.4, 0.5) is 5.69 Å². The monoisotopic (exact) mass is 319 g/mol. The molecule has 114 valence electrons. The van der Waals surface area contributed by atoms with E-state index in [2.05, 4.69) is 4.98 Å². The van der Waals surface area contributed by atoms with Gasteiger partial charge in [0.1, 0.15) is 17.0 Å². The van der Waals surface area contributed by atoms with Crippen molar-refractivity contribution < 1.29 is 14.5 Å². The molecule has 22 heavy (non-hydrogen) atoms. The lowest BCUT2D eigenvalue weighted by Gasteiger charge is -2.09. The zero-order valence-corrected chi connectivity index (χ0v) is 12.5. The molecule has 0 saturated heterocycles. The van der Waals surface area contributed by atoms with E-state index in [9.17, 15) is 14.9 Å². The van der Waals surface area contributed by atoms with Crippen LogP contribution in [0.1, 0.15) is 15.9 Å². The van der Waals surface area contributed by atoms with Crippen molar-refractivity contribution in [2.24, 2.45) is 5.73 Å². The highest BCUT2D eigenvalue weighted by atomic mass is 32.2. The summed E-state index contributed by atoms with van der Waals surface area (Å²) < 4.78 is 5.25. The molecule has 2 N–H and O–H groups in total.